The summed E-state index contributed by atoms with van der Waals surface area (Å²) in [6.45, 7) is 3.83. The summed E-state index contributed by atoms with van der Waals surface area (Å²) in [5, 5.41) is 4.34. The minimum absolute atomic E-state index is 0.0677. The number of imidazole rings is 1. The lowest BCUT2D eigenvalue weighted by molar-refractivity contribution is -0.127. The van der Waals surface area contributed by atoms with Gasteiger partial charge in [0.15, 0.2) is 5.65 Å². The van der Waals surface area contributed by atoms with E-state index in [0.717, 1.165) is 22.6 Å². The Balaban J connectivity index is 2.48. The molecular formula is C12H16N4O. The van der Waals surface area contributed by atoms with Crippen LogP contribution >= 0.6 is 0 Å². The minimum Gasteiger partial charge on any atom is -0.349 e. The fourth-order valence-electron chi connectivity index (χ4n) is 1.75. The number of nitrogens with zero attached hydrogens (tertiary/aromatic N) is 4. The molecule has 0 fully saturated rings. The summed E-state index contributed by atoms with van der Waals surface area (Å²) in [5.41, 5.74) is 3.48. The first-order chi connectivity index (χ1) is 7.97. The summed E-state index contributed by atoms with van der Waals surface area (Å²) in [6.07, 6.45) is 2.22. The number of rotatable bonds is 2. The third kappa shape index (κ3) is 2.27. The molecule has 0 aromatic carbocycles. The Morgan fingerprint density at radius 1 is 1.35 bits per heavy atom. The van der Waals surface area contributed by atoms with Gasteiger partial charge in [-0.15, -0.1) is 0 Å². The highest BCUT2D eigenvalue weighted by Gasteiger charge is 2.12. The van der Waals surface area contributed by atoms with Gasteiger partial charge in [-0.2, -0.15) is 5.10 Å². The van der Waals surface area contributed by atoms with Crippen molar-refractivity contribution >= 4 is 11.6 Å². The zero-order valence-corrected chi connectivity index (χ0v) is 10.6. The van der Waals surface area contributed by atoms with Gasteiger partial charge in [-0.3, -0.25) is 4.79 Å². The second kappa shape index (κ2) is 4.16. The van der Waals surface area contributed by atoms with Gasteiger partial charge in [-0.25, -0.2) is 9.50 Å². The summed E-state index contributed by atoms with van der Waals surface area (Å²) >= 11 is 0. The van der Waals surface area contributed by atoms with Crippen LogP contribution in [0.3, 0.4) is 0 Å². The van der Waals surface area contributed by atoms with Crippen molar-refractivity contribution in [3.63, 3.8) is 0 Å². The fourth-order valence-corrected chi connectivity index (χ4v) is 1.75. The van der Waals surface area contributed by atoms with Gasteiger partial charge in [0.2, 0.25) is 5.91 Å². The highest BCUT2D eigenvalue weighted by molar-refractivity contribution is 5.80. The molecule has 2 aromatic rings. The topological polar surface area (TPSA) is 50.5 Å². The van der Waals surface area contributed by atoms with E-state index in [0.29, 0.717) is 6.42 Å². The number of aryl methyl sites for hydroxylation is 2. The molecule has 0 radical (unpaired) electrons. The highest BCUT2D eigenvalue weighted by atomic mass is 16.2. The molecule has 0 N–H and O–H groups in total. The van der Waals surface area contributed by atoms with Crippen molar-refractivity contribution in [2.24, 2.45) is 0 Å². The van der Waals surface area contributed by atoms with Gasteiger partial charge in [0.25, 0.3) is 0 Å². The number of hydrogen-bond donors (Lipinski definition) is 0. The van der Waals surface area contributed by atoms with Crippen LogP contribution in [0.15, 0.2) is 12.3 Å². The smallest absolute Gasteiger partial charge is 0.226 e. The molecule has 0 unspecified atom stereocenters. The van der Waals surface area contributed by atoms with E-state index in [2.05, 4.69) is 10.1 Å². The standard InChI is InChI=1S/C12H16N4O/c1-8-5-10(6-11(17)15(3)4)12-13-9(2)7-16(12)14-8/h5,7H,6H2,1-4H3. The molecular weight excluding hydrogens is 216 g/mol. The molecule has 0 aliphatic heterocycles. The molecule has 17 heavy (non-hydrogen) atoms. The Morgan fingerprint density at radius 3 is 2.71 bits per heavy atom. The van der Waals surface area contributed by atoms with E-state index in [4.69, 9.17) is 0 Å². The van der Waals surface area contributed by atoms with Crippen LogP contribution in [-0.2, 0) is 11.2 Å². The number of carbonyl (C=O) groups excluding carboxylic acids is 1. The van der Waals surface area contributed by atoms with Crippen LogP contribution in [0.2, 0.25) is 0 Å². The van der Waals surface area contributed by atoms with Crippen molar-refractivity contribution in [1.82, 2.24) is 19.5 Å². The first kappa shape index (κ1) is 11.6. The van der Waals surface area contributed by atoms with Crippen molar-refractivity contribution in [2.75, 3.05) is 14.1 Å². The molecule has 5 nitrogen and oxygen atoms in total. The Morgan fingerprint density at radius 2 is 2.06 bits per heavy atom. The molecule has 0 spiro atoms. The summed E-state index contributed by atoms with van der Waals surface area (Å²) in [5.74, 6) is 0.0677. The maximum Gasteiger partial charge on any atom is 0.226 e. The van der Waals surface area contributed by atoms with E-state index in [1.54, 1.807) is 23.5 Å². The molecule has 0 aliphatic carbocycles. The van der Waals surface area contributed by atoms with Crippen LogP contribution in [0.1, 0.15) is 17.0 Å². The third-order valence-electron chi connectivity index (χ3n) is 2.58. The largest absolute Gasteiger partial charge is 0.349 e. The molecule has 0 bridgehead atoms. The molecule has 5 heteroatoms. The van der Waals surface area contributed by atoms with E-state index in [1.807, 2.05) is 26.1 Å². The van der Waals surface area contributed by atoms with Gasteiger partial charge in [-0.1, -0.05) is 0 Å². The maximum absolute atomic E-state index is 11.7. The van der Waals surface area contributed by atoms with Gasteiger partial charge in [0, 0.05) is 19.7 Å². The summed E-state index contributed by atoms with van der Waals surface area (Å²) < 4.78 is 1.74. The van der Waals surface area contributed by atoms with Crippen LogP contribution in [0, 0.1) is 13.8 Å². The Kier molecular flexibility index (Phi) is 2.83. The number of carbonyl (C=O) groups is 1. The minimum atomic E-state index is 0.0677. The van der Waals surface area contributed by atoms with Gasteiger partial charge < -0.3 is 4.90 Å². The molecule has 2 rings (SSSR count). The molecule has 2 aromatic heterocycles. The quantitative estimate of drug-likeness (QED) is 0.775. The lowest BCUT2D eigenvalue weighted by Gasteiger charge is -2.10. The van der Waals surface area contributed by atoms with Crippen LogP contribution in [-0.4, -0.2) is 39.5 Å². The van der Waals surface area contributed by atoms with Crippen molar-refractivity contribution in [3.8, 4) is 0 Å². The second-order valence-corrected chi connectivity index (χ2v) is 4.43. The average molecular weight is 232 g/mol. The van der Waals surface area contributed by atoms with E-state index in [1.165, 1.54) is 0 Å². The van der Waals surface area contributed by atoms with Gasteiger partial charge in [0.05, 0.1) is 24.0 Å². The zero-order chi connectivity index (χ0) is 12.6. The average Bonchev–Trinajstić information content (AvgIpc) is 2.58. The van der Waals surface area contributed by atoms with Crippen molar-refractivity contribution in [2.45, 2.75) is 20.3 Å². The highest BCUT2D eigenvalue weighted by Crippen LogP contribution is 2.12. The number of hydrogen-bond acceptors (Lipinski definition) is 3. The van der Waals surface area contributed by atoms with Crippen molar-refractivity contribution in [3.05, 3.63) is 29.2 Å². The lowest BCUT2D eigenvalue weighted by atomic mass is 10.2. The molecule has 0 atom stereocenters. The fraction of sp³-hybridized carbons (Fsp3) is 0.417. The molecule has 0 saturated heterocycles. The lowest BCUT2D eigenvalue weighted by Crippen LogP contribution is -2.24. The predicted molar refractivity (Wildman–Crippen MR) is 64.9 cm³/mol. The molecule has 0 aliphatic rings. The van der Waals surface area contributed by atoms with Gasteiger partial charge >= 0.3 is 0 Å². The second-order valence-electron chi connectivity index (χ2n) is 4.43. The number of likely N-dealkylation sites (N-methyl/N-ethyl adjacent to an activating group) is 1. The maximum atomic E-state index is 11.7. The molecule has 1 amide bonds. The number of amides is 1. The van der Waals surface area contributed by atoms with Crippen molar-refractivity contribution < 1.29 is 4.79 Å². The molecule has 90 valence electrons. The number of fused-ring (bicyclic) bond motifs is 1. The Bertz CT molecular complexity index is 571. The van der Waals surface area contributed by atoms with Gasteiger partial charge in [-0.05, 0) is 19.9 Å². The zero-order valence-electron chi connectivity index (χ0n) is 10.6. The first-order valence-electron chi connectivity index (χ1n) is 5.50. The monoisotopic (exact) mass is 232 g/mol. The normalized spacial score (nSPS) is 10.8. The Labute approximate surface area is 100 Å². The van der Waals surface area contributed by atoms with Gasteiger partial charge in [0.1, 0.15) is 0 Å². The van der Waals surface area contributed by atoms with Crippen LogP contribution in [0.25, 0.3) is 5.65 Å². The predicted octanol–water partition coefficient (Wildman–Crippen LogP) is 0.977. The van der Waals surface area contributed by atoms with E-state index in [-0.39, 0.29) is 5.91 Å². The number of aromatic nitrogens is 3. The summed E-state index contributed by atoms with van der Waals surface area (Å²) in [6, 6.07) is 1.92. The van der Waals surface area contributed by atoms with E-state index >= 15 is 0 Å². The molecule has 0 saturated carbocycles. The van der Waals surface area contributed by atoms with Crippen LogP contribution in [0.5, 0.6) is 0 Å². The third-order valence-corrected chi connectivity index (χ3v) is 2.58. The SMILES string of the molecule is Cc1cn2nc(C)cc(CC(=O)N(C)C)c2n1. The van der Waals surface area contributed by atoms with Crippen LogP contribution in [0.4, 0.5) is 0 Å². The van der Waals surface area contributed by atoms with E-state index in [9.17, 15) is 4.79 Å². The van der Waals surface area contributed by atoms with E-state index < -0.39 is 0 Å². The summed E-state index contributed by atoms with van der Waals surface area (Å²) in [7, 11) is 3.51. The van der Waals surface area contributed by atoms with Crippen LogP contribution < -0.4 is 0 Å². The summed E-state index contributed by atoms with van der Waals surface area (Å²) in [4.78, 5) is 17.7. The first-order valence-corrected chi connectivity index (χ1v) is 5.50. The van der Waals surface area contributed by atoms with Crippen molar-refractivity contribution in [1.29, 1.82) is 0 Å². The molecule has 2 heterocycles. The Hall–Kier alpha value is -1.91.